The molecule has 164 valence electrons. The third kappa shape index (κ3) is 4.48. The summed E-state index contributed by atoms with van der Waals surface area (Å²) in [6, 6.07) is 12.3. The zero-order valence-corrected chi connectivity index (χ0v) is 19.7. The quantitative estimate of drug-likeness (QED) is 0.451. The van der Waals surface area contributed by atoms with E-state index in [9.17, 15) is 13.2 Å². The molecule has 0 unspecified atom stereocenters. The normalized spacial score (nSPS) is 14.0. The second-order valence-electron chi connectivity index (χ2n) is 7.05. The summed E-state index contributed by atoms with van der Waals surface area (Å²) < 4.78 is 30.4. The van der Waals surface area contributed by atoms with Crippen molar-refractivity contribution in [2.45, 2.75) is 11.3 Å². The highest BCUT2D eigenvalue weighted by Crippen LogP contribution is 2.37. The van der Waals surface area contributed by atoms with Gasteiger partial charge in [-0.15, -0.1) is 11.3 Å². The number of sulfone groups is 1. The van der Waals surface area contributed by atoms with Crippen LogP contribution in [0.4, 0.5) is 0 Å². The molecule has 0 saturated carbocycles. The molecular weight excluding hydrogens is 468 g/mol. The summed E-state index contributed by atoms with van der Waals surface area (Å²) >= 11 is 7.94. The van der Waals surface area contributed by atoms with Crippen LogP contribution in [-0.2, 0) is 14.6 Å². The van der Waals surface area contributed by atoms with Crippen LogP contribution in [0.5, 0.6) is 0 Å². The lowest BCUT2D eigenvalue weighted by atomic mass is 10.2. The van der Waals surface area contributed by atoms with Crippen LogP contribution in [0, 0.1) is 0 Å². The van der Waals surface area contributed by atoms with E-state index in [4.69, 9.17) is 16.3 Å². The van der Waals surface area contributed by atoms with Gasteiger partial charge in [-0.3, -0.25) is 0 Å². The van der Waals surface area contributed by atoms with Crippen molar-refractivity contribution >= 4 is 44.4 Å². The summed E-state index contributed by atoms with van der Waals surface area (Å²) in [6.07, 6.45) is 9.41. The van der Waals surface area contributed by atoms with E-state index >= 15 is 0 Å². The third-order valence-corrected chi connectivity index (χ3v) is 7.39. The molecule has 0 saturated heterocycles. The van der Waals surface area contributed by atoms with Crippen LogP contribution in [0.1, 0.15) is 16.9 Å². The molecule has 2 heterocycles. The number of hydrogen-bond acceptors (Lipinski definition) is 6. The fourth-order valence-electron chi connectivity index (χ4n) is 3.24. The Labute approximate surface area is 195 Å². The summed E-state index contributed by atoms with van der Waals surface area (Å²) in [7, 11) is -2.01. The predicted molar refractivity (Wildman–Crippen MR) is 127 cm³/mol. The van der Waals surface area contributed by atoms with Crippen LogP contribution in [0.3, 0.4) is 0 Å². The largest absolute Gasteiger partial charge is 0.464 e. The van der Waals surface area contributed by atoms with E-state index in [-0.39, 0.29) is 10.6 Å². The molecule has 3 aromatic rings. The Morgan fingerprint density at radius 1 is 1.19 bits per heavy atom. The molecule has 0 aliphatic heterocycles. The zero-order valence-electron chi connectivity index (χ0n) is 17.3. The van der Waals surface area contributed by atoms with E-state index in [2.05, 4.69) is 5.10 Å². The molecule has 4 rings (SSSR count). The van der Waals surface area contributed by atoms with Crippen molar-refractivity contribution < 1.29 is 17.9 Å². The van der Waals surface area contributed by atoms with E-state index in [0.29, 0.717) is 22.8 Å². The van der Waals surface area contributed by atoms with E-state index in [1.807, 2.05) is 36.4 Å². The maximum atomic E-state index is 12.2. The monoisotopic (exact) mass is 486 g/mol. The number of nitrogens with zero attached hydrogens (tertiary/aromatic N) is 2. The Morgan fingerprint density at radius 2 is 1.97 bits per heavy atom. The number of carbonyl (C=O) groups is 1. The van der Waals surface area contributed by atoms with Crippen LogP contribution >= 0.6 is 22.9 Å². The number of hydrogen-bond donors (Lipinski definition) is 0. The van der Waals surface area contributed by atoms with Crippen molar-refractivity contribution in [2.75, 3.05) is 13.4 Å². The molecular formula is C23H19ClN2O4S2. The number of carbonyl (C=O) groups excluding carboxylic acids is 1. The van der Waals surface area contributed by atoms with E-state index in [0.717, 1.165) is 15.3 Å². The molecule has 0 bridgehead atoms. The molecule has 0 fully saturated rings. The molecule has 1 aromatic carbocycles. The SMILES string of the molecule is COC(=O)c1cc(-c2ccc(-c3cccc(S(C)(=O)=O)c3)s2)n(C2=CCC=CC=C2Cl)n1. The molecule has 1 aliphatic carbocycles. The molecule has 32 heavy (non-hydrogen) atoms. The first kappa shape index (κ1) is 22.3. The minimum absolute atomic E-state index is 0.166. The van der Waals surface area contributed by atoms with Gasteiger partial charge in [-0.2, -0.15) is 5.10 Å². The Balaban J connectivity index is 1.81. The minimum Gasteiger partial charge on any atom is -0.464 e. The van der Waals surface area contributed by atoms with Gasteiger partial charge >= 0.3 is 5.97 Å². The molecule has 0 N–H and O–H groups in total. The maximum Gasteiger partial charge on any atom is 0.358 e. The average molecular weight is 487 g/mol. The van der Waals surface area contributed by atoms with Gasteiger partial charge in [0.2, 0.25) is 0 Å². The number of methoxy groups -OCH3 is 1. The Kier molecular flexibility index (Phi) is 6.19. The Morgan fingerprint density at radius 3 is 2.72 bits per heavy atom. The number of allylic oxidation sites excluding steroid dienone is 6. The van der Waals surface area contributed by atoms with Gasteiger partial charge in [0.1, 0.15) is 0 Å². The van der Waals surface area contributed by atoms with Gasteiger partial charge in [0.15, 0.2) is 15.5 Å². The first-order chi connectivity index (χ1) is 15.3. The van der Waals surface area contributed by atoms with Gasteiger partial charge in [0, 0.05) is 17.2 Å². The van der Waals surface area contributed by atoms with E-state index < -0.39 is 15.8 Å². The number of thiophene rings is 1. The number of esters is 1. The van der Waals surface area contributed by atoms with Crippen molar-refractivity contribution in [3.8, 4) is 21.0 Å². The van der Waals surface area contributed by atoms with E-state index in [1.165, 1.54) is 24.7 Å². The summed E-state index contributed by atoms with van der Waals surface area (Å²) in [4.78, 5) is 14.2. The fourth-order valence-corrected chi connectivity index (χ4v) is 5.14. The van der Waals surface area contributed by atoms with Crippen LogP contribution in [-0.4, -0.2) is 37.5 Å². The molecule has 0 amide bonds. The van der Waals surface area contributed by atoms with Crippen molar-refractivity contribution in [2.24, 2.45) is 0 Å². The first-order valence-electron chi connectivity index (χ1n) is 9.60. The van der Waals surface area contributed by atoms with Crippen LogP contribution in [0.25, 0.3) is 26.7 Å². The fraction of sp³-hybridized carbons (Fsp3) is 0.130. The van der Waals surface area contributed by atoms with E-state index in [1.54, 1.807) is 35.0 Å². The smallest absolute Gasteiger partial charge is 0.358 e. The minimum atomic E-state index is -3.31. The number of halogens is 1. The Hall–Kier alpha value is -2.94. The molecule has 9 heteroatoms. The highest BCUT2D eigenvalue weighted by molar-refractivity contribution is 7.90. The topological polar surface area (TPSA) is 78.3 Å². The summed E-state index contributed by atoms with van der Waals surface area (Å²) in [6.45, 7) is 0. The third-order valence-electron chi connectivity index (χ3n) is 4.81. The number of rotatable bonds is 5. The highest BCUT2D eigenvalue weighted by atomic mass is 35.5. The van der Waals surface area contributed by atoms with Gasteiger partial charge in [0.05, 0.1) is 33.3 Å². The van der Waals surface area contributed by atoms with Gasteiger partial charge < -0.3 is 4.74 Å². The van der Waals surface area contributed by atoms with Gasteiger partial charge in [0.25, 0.3) is 0 Å². The molecule has 2 aromatic heterocycles. The Bertz CT molecular complexity index is 1390. The lowest BCUT2D eigenvalue weighted by Gasteiger charge is -2.09. The summed E-state index contributed by atoms with van der Waals surface area (Å²) in [5, 5.41) is 4.95. The van der Waals surface area contributed by atoms with Gasteiger partial charge in [-0.05, 0) is 42.3 Å². The second kappa shape index (κ2) is 8.90. The number of ether oxygens (including phenoxy) is 1. The first-order valence-corrected chi connectivity index (χ1v) is 12.7. The highest BCUT2D eigenvalue weighted by Gasteiger charge is 2.21. The summed E-state index contributed by atoms with van der Waals surface area (Å²) in [5.74, 6) is -0.546. The number of aromatic nitrogens is 2. The molecule has 6 nitrogen and oxygen atoms in total. The van der Waals surface area contributed by atoms with Crippen molar-refractivity contribution in [1.82, 2.24) is 9.78 Å². The molecule has 0 radical (unpaired) electrons. The van der Waals surface area contributed by atoms with Crippen LogP contribution in [0.15, 0.2) is 76.7 Å². The lowest BCUT2D eigenvalue weighted by molar-refractivity contribution is 0.0593. The van der Waals surface area contributed by atoms with Crippen molar-refractivity contribution in [3.63, 3.8) is 0 Å². The predicted octanol–water partition coefficient (Wildman–Crippen LogP) is 5.39. The average Bonchev–Trinajstić information content (AvgIpc) is 3.37. The van der Waals surface area contributed by atoms with Crippen LogP contribution in [0.2, 0.25) is 0 Å². The molecule has 1 aliphatic rings. The molecule has 0 atom stereocenters. The van der Waals surface area contributed by atoms with Gasteiger partial charge in [-0.25, -0.2) is 17.9 Å². The molecule has 0 spiro atoms. The van der Waals surface area contributed by atoms with Crippen molar-refractivity contribution in [1.29, 1.82) is 0 Å². The standard InChI is InChI=1S/C23H19ClN2O4S2/c1-30-23(27)18-14-20(26(25-18)19-10-5-3-4-9-17(19)24)22-12-11-21(31-22)15-7-6-8-16(13-15)32(2,28)29/h3-4,6-14H,5H2,1-2H3. The summed E-state index contributed by atoms with van der Waals surface area (Å²) in [5.41, 5.74) is 2.30. The lowest BCUT2D eigenvalue weighted by Crippen LogP contribution is -2.06. The van der Waals surface area contributed by atoms with Crippen LogP contribution < -0.4 is 0 Å². The number of benzene rings is 1. The van der Waals surface area contributed by atoms with Crippen molar-refractivity contribution in [3.05, 3.63) is 77.5 Å². The van der Waals surface area contributed by atoms with Gasteiger partial charge in [-0.1, -0.05) is 42.0 Å². The maximum absolute atomic E-state index is 12.2. The zero-order chi connectivity index (χ0) is 22.9. The second-order valence-corrected chi connectivity index (χ2v) is 10.6.